The maximum absolute atomic E-state index is 12.8. The zero-order valence-corrected chi connectivity index (χ0v) is 17.9. The molecule has 0 saturated carbocycles. The van der Waals surface area contributed by atoms with E-state index in [2.05, 4.69) is 35.8 Å². The van der Waals surface area contributed by atoms with Crippen molar-refractivity contribution in [2.24, 2.45) is 0 Å². The van der Waals surface area contributed by atoms with Gasteiger partial charge in [-0.15, -0.1) is 0 Å². The van der Waals surface area contributed by atoms with Gasteiger partial charge in [0.05, 0.1) is 13.2 Å². The van der Waals surface area contributed by atoms with Gasteiger partial charge >= 0.3 is 0 Å². The van der Waals surface area contributed by atoms with E-state index in [1.54, 1.807) is 0 Å². The Morgan fingerprint density at radius 3 is 2.70 bits per heavy atom. The summed E-state index contributed by atoms with van der Waals surface area (Å²) in [6.07, 6.45) is 1.77. The quantitative estimate of drug-likeness (QED) is 0.682. The molecular weight excluding hydrogens is 352 g/mol. The van der Waals surface area contributed by atoms with Crippen LogP contribution in [0.1, 0.15) is 28.4 Å². The van der Waals surface area contributed by atoms with Gasteiger partial charge < -0.3 is 14.2 Å². The lowest BCUT2D eigenvalue weighted by molar-refractivity contribution is 0.0730. The lowest BCUT2D eigenvalue weighted by Crippen LogP contribution is -2.43. The molecule has 1 aliphatic rings. The Morgan fingerprint density at radius 1 is 1.15 bits per heavy atom. The third-order valence-electron chi connectivity index (χ3n) is 5.21. The fraction of sp³-hybridized carbons (Fsp3) is 0.409. The standard InChI is InChI=1S/C22H30N2O2Si/c1-3-19-8-4-5-10-21(19)22(25)23(2)12-11-18-7-6-9-20(17-18)27-24-13-15-26-16-14-24/h4-10,17H,3,11-16,27H2,1-2H3. The van der Waals surface area contributed by atoms with E-state index >= 15 is 0 Å². The monoisotopic (exact) mass is 382 g/mol. The number of amides is 1. The number of hydrogen-bond donors (Lipinski definition) is 0. The van der Waals surface area contributed by atoms with E-state index in [0.717, 1.165) is 56.8 Å². The Hall–Kier alpha value is -1.95. The molecule has 27 heavy (non-hydrogen) atoms. The summed E-state index contributed by atoms with van der Waals surface area (Å²) in [7, 11) is 1.50. The molecule has 1 heterocycles. The summed E-state index contributed by atoms with van der Waals surface area (Å²) in [5.41, 5.74) is 3.26. The van der Waals surface area contributed by atoms with Crippen LogP contribution in [-0.4, -0.2) is 64.9 Å². The second-order valence-electron chi connectivity index (χ2n) is 7.20. The second-order valence-corrected chi connectivity index (χ2v) is 9.22. The van der Waals surface area contributed by atoms with E-state index < -0.39 is 9.68 Å². The first-order valence-electron chi connectivity index (χ1n) is 9.88. The molecule has 1 saturated heterocycles. The highest BCUT2D eigenvalue weighted by Crippen LogP contribution is 2.12. The number of aryl methyl sites for hydroxylation is 1. The minimum Gasteiger partial charge on any atom is -0.379 e. The zero-order valence-electron chi connectivity index (χ0n) is 16.5. The molecule has 0 bridgehead atoms. The predicted octanol–water partition coefficient (Wildman–Crippen LogP) is 1.60. The van der Waals surface area contributed by atoms with Crippen LogP contribution in [0.5, 0.6) is 0 Å². The van der Waals surface area contributed by atoms with E-state index in [1.807, 2.05) is 36.2 Å². The fourth-order valence-electron chi connectivity index (χ4n) is 3.54. The van der Waals surface area contributed by atoms with Crippen LogP contribution in [0.2, 0.25) is 0 Å². The summed E-state index contributed by atoms with van der Waals surface area (Å²) in [6, 6.07) is 16.8. The van der Waals surface area contributed by atoms with Gasteiger partial charge in [0.25, 0.3) is 5.91 Å². The number of rotatable bonds is 7. The highest BCUT2D eigenvalue weighted by Gasteiger charge is 2.15. The molecule has 2 aromatic carbocycles. The highest BCUT2D eigenvalue weighted by molar-refractivity contribution is 6.50. The molecule has 0 spiro atoms. The van der Waals surface area contributed by atoms with E-state index in [0.29, 0.717) is 0 Å². The molecule has 1 aliphatic heterocycles. The van der Waals surface area contributed by atoms with Crippen molar-refractivity contribution < 1.29 is 9.53 Å². The maximum atomic E-state index is 12.8. The predicted molar refractivity (Wildman–Crippen MR) is 113 cm³/mol. The lowest BCUT2D eigenvalue weighted by atomic mass is 10.0. The van der Waals surface area contributed by atoms with Gasteiger partial charge in [-0.1, -0.05) is 49.4 Å². The van der Waals surface area contributed by atoms with E-state index in [9.17, 15) is 4.79 Å². The molecule has 144 valence electrons. The first-order chi connectivity index (χ1) is 13.2. The molecule has 3 rings (SSSR count). The number of hydrogen-bond acceptors (Lipinski definition) is 3. The minimum atomic E-state index is -0.408. The third kappa shape index (κ3) is 5.51. The van der Waals surface area contributed by atoms with Crippen LogP contribution >= 0.6 is 0 Å². The number of likely N-dealkylation sites (N-methyl/N-ethyl adjacent to an activating group) is 1. The number of benzene rings is 2. The van der Waals surface area contributed by atoms with Gasteiger partial charge in [0.1, 0.15) is 9.68 Å². The molecule has 1 amide bonds. The van der Waals surface area contributed by atoms with Crippen molar-refractivity contribution in [3.05, 3.63) is 65.2 Å². The molecule has 0 N–H and O–H groups in total. The van der Waals surface area contributed by atoms with Crippen molar-refractivity contribution in [2.45, 2.75) is 19.8 Å². The summed E-state index contributed by atoms with van der Waals surface area (Å²) in [4.78, 5) is 14.6. The number of morpholine rings is 1. The number of ether oxygens (including phenoxy) is 1. The van der Waals surface area contributed by atoms with Crippen LogP contribution in [0.3, 0.4) is 0 Å². The topological polar surface area (TPSA) is 32.8 Å². The van der Waals surface area contributed by atoms with E-state index in [4.69, 9.17) is 4.74 Å². The van der Waals surface area contributed by atoms with Gasteiger partial charge in [-0.2, -0.15) is 0 Å². The highest BCUT2D eigenvalue weighted by atomic mass is 28.2. The molecule has 0 radical (unpaired) electrons. The Kier molecular flexibility index (Phi) is 7.21. The van der Waals surface area contributed by atoms with E-state index in [-0.39, 0.29) is 5.91 Å². The van der Waals surface area contributed by atoms with Gasteiger partial charge in [-0.3, -0.25) is 4.79 Å². The summed E-state index contributed by atoms with van der Waals surface area (Å²) < 4.78 is 8.01. The second kappa shape index (κ2) is 9.83. The maximum Gasteiger partial charge on any atom is 0.253 e. The first-order valence-corrected chi connectivity index (χ1v) is 11.2. The molecule has 0 atom stereocenters. The summed E-state index contributed by atoms with van der Waals surface area (Å²) in [5, 5.41) is 1.47. The van der Waals surface area contributed by atoms with Crippen molar-refractivity contribution in [1.29, 1.82) is 0 Å². The zero-order chi connectivity index (χ0) is 19.1. The fourth-order valence-corrected chi connectivity index (χ4v) is 5.23. The molecule has 5 heteroatoms. The van der Waals surface area contributed by atoms with Gasteiger partial charge in [0.2, 0.25) is 0 Å². The number of nitrogens with zero attached hydrogens (tertiary/aromatic N) is 2. The summed E-state index contributed by atoms with van der Waals surface area (Å²) in [5.74, 6) is 0.117. The number of carbonyl (C=O) groups is 1. The third-order valence-corrected chi connectivity index (χ3v) is 7.10. The molecule has 0 aliphatic carbocycles. The normalized spacial score (nSPS) is 15.3. The number of carbonyl (C=O) groups excluding carboxylic acids is 1. The molecule has 1 fully saturated rings. The van der Waals surface area contributed by atoms with Gasteiger partial charge in [0, 0.05) is 32.2 Å². The molecule has 0 unspecified atom stereocenters. The molecular formula is C22H30N2O2Si. The van der Waals surface area contributed by atoms with Crippen LogP contribution in [-0.2, 0) is 17.6 Å². The summed E-state index contributed by atoms with van der Waals surface area (Å²) in [6.45, 7) is 6.67. The van der Waals surface area contributed by atoms with Gasteiger partial charge in [-0.05, 0) is 35.2 Å². The Balaban J connectivity index is 1.57. The largest absolute Gasteiger partial charge is 0.379 e. The van der Waals surface area contributed by atoms with Crippen LogP contribution in [0.15, 0.2) is 48.5 Å². The molecule has 0 aromatic heterocycles. The van der Waals surface area contributed by atoms with Crippen molar-refractivity contribution in [1.82, 2.24) is 9.47 Å². The Labute approximate surface area is 165 Å². The van der Waals surface area contributed by atoms with Crippen molar-refractivity contribution in [3.63, 3.8) is 0 Å². The molecule has 2 aromatic rings. The average Bonchev–Trinajstić information content (AvgIpc) is 2.72. The molecule has 4 nitrogen and oxygen atoms in total. The van der Waals surface area contributed by atoms with Crippen LogP contribution in [0.4, 0.5) is 0 Å². The van der Waals surface area contributed by atoms with Crippen molar-refractivity contribution in [2.75, 3.05) is 39.9 Å². The first kappa shape index (κ1) is 19.8. The average molecular weight is 383 g/mol. The van der Waals surface area contributed by atoms with Crippen molar-refractivity contribution in [3.8, 4) is 0 Å². The minimum absolute atomic E-state index is 0.117. The smallest absolute Gasteiger partial charge is 0.253 e. The van der Waals surface area contributed by atoms with E-state index in [1.165, 1.54) is 10.8 Å². The Bertz CT molecular complexity index is 759. The van der Waals surface area contributed by atoms with Crippen molar-refractivity contribution >= 4 is 20.8 Å². The van der Waals surface area contributed by atoms with Gasteiger partial charge in [0.15, 0.2) is 0 Å². The SMILES string of the molecule is CCc1ccccc1C(=O)N(C)CCc1cccc([SiH2]N2CCOCC2)c1. The van der Waals surface area contributed by atoms with Crippen LogP contribution < -0.4 is 5.19 Å². The Morgan fingerprint density at radius 2 is 1.93 bits per heavy atom. The lowest BCUT2D eigenvalue weighted by Gasteiger charge is -2.26. The van der Waals surface area contributed by atoms with Crippen LogP contribution in [0.25, 0.3) is 0 Å². The summed E-state index contributed by atoms with van der Waals surface area (Å²) >= 11 is 0. The van der Waals surface area contributed by atoms with Crippen LogP contribution in [0, 0.1) is 0 Å². The van der Waals surface area contributed by atoms with Gasteiger partial charge in [-0.25, -0.2) is 0 Å².